The molecule has 0 aliphatic heterocycles. The minimum Gasteiger partial charge on any atom is -0.352 e. The van der Waals surface area contributed by atoms with Gasteiger partial charge in [-0.1, -0.05) is 18.2 Å². The highest BCUT2D eigenvalue weighted by atomic mass is 32.2. The second-order valence-electron chi connectivity index (χ2n) is 9.10. The van der Waals surface area contributed by atoms with Gasteiger partial charge in [0.25, 0.3) is 0 Å². The van der Waals surface area contributed by atoms with Gasteiger partial charge >= 0.3 is 0 Å². The Morgan fingerprint density at radius 2 is 1.79 bits per heavy atom. The van der Waals surface area contributed by atoms with Crippen LogP contribution in [0.3, 0.4) is 0 Å². The molecular weight excluding hydrogens is 519 g/mol. The number of halogens is 1. The Kier molecular flexibility index (Phi) is 6.89. The number of nitrogens with one attached hydrogen (secondary N) is 2. The topological polar surface area (TPSA) is 131 Å². The summed E-state index contributed by atoms with van der Waals surface area (Å²) in [6.45, 7) is 2.19. The average molecular weight is 547 g/mol. The molecule has 12 heteroatoms. The number of rotatable bonds is 8. The Morgan fingerprint density at radius 1 is 1.03 bits per heavy atom. The minimum atomic E-state index is -3.86. The molecule has 200 valence electrons. The van der Waals surface area contributed by atoms with Crippen molar-refractivity contribution in [2.75, 3.05) is 22.6 Å². The molecule has 5 rings (SSSR count). The van der Waals surface area contributed by atoms with Crippen molar-refractivity contribution in [3.8, 4) is 0 Å². The molecule has 2 heterocycles. The van der Waals surface area contributed by atoms with Crippen molar-refractivity contribution in [1.82, 2.24) is 19.5 Å². The van der Waals surface area contributed by atoms with Gasteiger partial charge in [0.15, 0.2) is 0 Å². The molecule has 0 amide bonds. The standard InChI is InChI=1S/C27H27FN8O2S/c1-17-4-9-20(14-24(17)39(29,37)38)32-26-30-13-12-25(34-26)35(2)21-10-11-23-22(15-21)33-27(36(23)3)31-16-18-5-7-19(28)8-6-18/h4-15H,16H2,1-3H3,(H,31,33)(H2,29,37,38)(H,30,32,34). The van der Waals surface area contributed by atoms with Crippen molar-refractivity contribution in [2.45, 2.75) is 18.4 Å². The SMILES string of the molecule is Cc1ccc(Nc2nccc(N(C)c3ccc4c(c3)nc(NCc3ccc(F)cc3)n4C)n2)cc1S(N)(=O)=O. The van der Waals surface area contributed by atoms with Gasteiger partial charge in [-0.05, 0) is 66.6 Å². The van der Waals surface area contributed by atoms with Crippen molar-refractivity contribution in [2.24, 2.45) is 12.2 Å². The number of nitrogens with zero attached hydrogens (tertiary/aromatic N) is 5. The Balaban J connectivity index is 1.35. The van der Waals surface area contributed by atoms with E-state index in [0.29, 0.717) is 35.5 Å². The zero-order valence-electron chi connectivity index (χ0n) is 21.6. The maximum Gasteiger partial charge on any atom is 0.238 e. The highest BCUT2D eigenvalue weighted by Gasteiger charge is 2.14. The van der Waals surface area contributed by atoms with Crippen LogP contribution in [-0.2, 0) is 23.6 Å². The van der Waals surface area contributed by atoms with Gasteiger partial charge in [0, 0.05) is 38.2 Å². The van der Waals surface area contributed by atoms with E-state index in [4.69, 9.17) is 10.1 Å². The third-order valence-corrected chi connectivity index (χ3v) is 7.40. The number of nitrogens with two attached hydrogens (primary N) is 1. The van der Waals surface area contributed by atoms with Crippen LogP contribution in [0.25, 0.3) is 11.0 Å². The molecule has 0 fully saturated rings. The zero-order chi connectivity index (χ0) is 27.7. The summed E-state index contributed by atoms with van der Waals surface area (Å²) in [5, 5.41) is 11.7. The molecule has 2 aromatic heterocycles. The van der Waals surface area contributed by atoms with Crippen LogP contribution >= 0.6 is 0 Å². The van der Waals surface area contributed by atoms with Crippen LogP contribution in [-0.4, -0.2) is 35.0 Å². The third kappa shape index (κ3) is 5.66. The number of anilines is 5. The maximum absolute atomic E-state index is 13.2. The number of aryl methyl sites for hydroxylation is 2. The molecule has 0 spiro atoms. The molecule has 0 aliphatic rings. The number of hydrogen-bond acceptors (Lipinski definition) is 8. The van der Waals surface area contributed by atoms with Crippen molar-refractivity contribution in [3.63, 3.8) is 0 Å². The van der Waals surface area contributed by atoms with Crippen LogP contribution in [0.15, 0.2) is 77.8 Å². The van der Waals surface area contributed by atoms with Gasteiger partial charge in [-0.2, -0.15) is 4.98 Å². The van der Waals surface area contributed by atoms with Crippen molar-refractivity contribution in [3.05, 3.63) is 89.9 Å². The van der Waals surface area contributed by atoms with Gasteiger partial charge in [-0.25, -0.2) is 27.9 Å². The maximum atomic E-state index is 13.2. The number of benzene rings is 3. The van der Waals surface area contributed by atoms with E-state index in [1.54, 1.807) is 43.5 Å². The predicted octanol–water partition coefficient (Wildman–Crippen LogP) is 4.58. The van der Waals surface area contributed by atoms with Crippen LogP contribution < -0.4 is 20.7 Å². The monoisotopic (exact) mass is 546 g/mol. The summed E-state index contributed by atoms with van der Waals surface area (Å²) in [6.07, 6.45) is 1.62. The van der Waals surface area contributed by atoms with E-state index >= 15 is 0 Å². The molecule has 5 aromatic rings. The van der Waals surface area contributed by atoms with Gasteiger partial charge < -0.3 is 20.1 Å². The summed E-state index contributed by atoms with van der Waals surface area (Å²) < 4.78 is 38.9. The highest BCUT2D eigenvalue weighted by molar-refractivity contribution is 7.89. The molecule has 0 aliphatic carbocycles. The van der Waals surface area contributed by atoms with Crippen LogP contribution in [0.1, 0.15) is 11.1 Å². The van der Waals surface area contributed by atoms with Crippen LogP contribution in [0.4, 0.5) is 33.5 Å². The number of sulfonamides is 1. The lowest BCUT2D eigenvalue weighted by molar-refractivity contribution is 0.597. The van der Waals surface area contributed by atoms with E-state index in [1.165, 1.54) is 18.2 Å². The molecule has 3 aromatic carbocycles. The Labute approximate surface area is 225 Å². The molecule has 0 saturated heterocycles. The first-order chi connectivity index (χ1) is 18.6. The fraction of sp³-hybridized carbons (Fsp3) is 0.148. The quantitative estimate of drug-likeness (QED) is 0.258. The Morgan fingerprint density at radius 3 is 2.54 bits per heavy atom. The van der Waals surface area contributed by atoms with E-state index < -0.39 is 10.0 Å². The lowest BCUT2D eigenvalue weighted by Crippen LogP contribution is -2.14. The van der Waals surface area contributed by atoms with Crippen LogP contribution in [0, 0.1) is 12.7 Å². The highest BCUT2D eigenvalue weighted by Crippen LogP contribution is 2.28. The lowest BCUT2D eigenvalue weighted by atomic mass is 10.2. The van der Waals surface area contributed by atoms with E-state index in [0.717, 1.165) is 22.3 Å². The number of hydrogen-bond donors (Lipinski definition) is 3. The van der Waals surface area contributed by atoms with E-state index in [1.807, 2.05) is 41.8 Å². The third-order valence-electron chi connectivity index (χ3n) is 6.35. The van der Waals surface area contributed by atoms with Crippen molar-refractivity contribution in [1.29, 1.82) is 0 Å². The summed E-state index contributed by atoms with van der Waals surface area (Å²) in [7, 11) is -0.0448. The fourth-order valence-electron chi connectivity index (χ4n) is 4.18. The summed E-state index contributed by atoms with van der Waals surface area (Å²) >= 11 is 0. The van der Waals surface area contributed by atoms with Crippen LogP contribution in [0.2, 0.25) is 0 Å². The molecule has 0 bridgehead atoms. The van der Waals surface area contributed by atoms with Gasteiger partial charge in [0.2, 0.25) is 21.9 Å². The molecule has 0 unspecified atom stereocenters. The summed E-state index contributed by atoms with van der Waals surface area (Å²) in [5.41, 5.74) is 4.61. The lowest BCUT2D eigenvalue weighted by Gasteiger charge is -2.19. The predicted molar refractivity (Wildman–Crippen MR) is 150 cm³/mol. The van der Waals surface area contributed by atoms with E-state index in [2.05, 4.69) is 20.6 Å². The number of aromatic nitrogens is 4. The summed E-state index contributed by atoms with van der Waals surface area (Å²) in [6, 6.07) is 18.9. The van der Waals surface area contributed by atoms with Gasteiger partial charge in [-0.15, -0.1) is 0 Å². The molecule has 4 N–H and O–H groups in total. The molecule has 0 radical (unpaired) electrons. The zero-order valence-corrected chi connectivity index (χ0v) is 22.4. The number of primary sulfonamides is 1. The minimum absolute atomic E-state index is 0.0379. The first-order valence-electron chi connectivity index (χ1n) is 12.0. The molecule has 0 saturated carbocycles. The first-order valence-corrected chi connectivity index (χ1v) is 13.6. The molecule has 0 atom stereocenters. The summed E-state index contributed by atoms with van der Waals surface area (Å²) in [5.74, 6) is 1.35. The largest absolute Gasteiger partial charge is 0.352 e. The Hall–Kier alpha value is -4.55. The molecule has 39 heavy (non-hydrogen) atoms. The van der Waals surface area contributed by atoms with Crippen molar-refractivity contribution < 1.29 is 12.8 Å². The first kappa shape index (κ1) is 26.1. The van der Waals surface area contributed by atoms with Crippen molar-refractivity contribution >= 4 is 50.1 Å². The van der Waals surface area contributed by atoms with Gasteiger partial charge in [-0.3, -0.25) is 0 Å². The van der Waals surface area contributed by atoms with Crippen LogP contribution in [0.5, 0.6) is 0 Å². The molecule has 10 nitrogen and oxygen atoms in total. The van der Waals surface area contributed by atoms with Gasteiger partial charge in [0.05, 0.1) is 15.9 Å². The van der Waals surface area contributed by atoms with E-state index in [-0.39, 0.29) is 10.7 Å². The summed E-state index contributed by atoms with van der Waals surface area (Å²) in [4.78, 5) is 15.5. The smallest absolute Gasteiger partial charge is 0.238 e. The number of imidazole rings is 1. The normalized spacial score (nSPS) is 11.5. The average Bonchev–Trinajstić information content (AvgIpc) is 3.23. The van der Waals surface area contributed by atoms with Gasteiger partial charge in [0.1, 0.15) is 11.6 Å². The molecular formula is C27H27FN8O2S. The second-order valence-corrected chi connectivity index (χ2v) is 10.6. The number of fused-ring (bicyclic) bond motifs is 1. The second kappa shape index (κ2) is 10.3. The van der Waals surface area contributed by atoms with E-state index in [9.17, 15) is 12.8 Å². The fourth-order valence-corrected chi connectivity index (χ4v) is 4.99. The Bertz CT molecular complexity index is 1770.